The number of nitrogens with one attached hydrogen (secondary N) is 1. The van der Waals surface area contributed by atoms with Crippen molar-refractivity contribution in [2.45, 2.75) is 33.2 Å². The Morgan fingerprint density at radius 1 is 1.02 bits per heavy atom. The van der Waals surface area contributed by atoms with E-state index in [1.54, 1.807) is 16.7 Å². The number of ether oxygens (including phenoxy) is 2. The van der Waals surface area contributed by atoms with Crippen LogP contribution in [0.5, 0.6) is 0 Å². The number of carbonyl (C=O) groups is 3. The van der Waals surface area contributed by atoms with Crippen LogP contribution in [0.2, 0.25) is 0 Å². The first-order valence-corrected chi connectivity index (χ1v) is 13.4. The average molecular weight is 546 g/mol. The number of hydrogen-bond acceptors (Lipinski definition) is 7. The second-order valence-corrected chi connectivity index (χ2v) is 9.63. The normalized spacial score (nSPS) is 15.1. The standard InChI is InChI=1S/C30H35N5O5/c1-5-22-10-9-13-24(18-22)32-30(38)35-15-14-34(19-20(35)2)28(36)26-25(29(37)40-17-16-39-4)21(3)31-27(33-26)23-11-7-6-8-12-23/h6-13,18,20H,5,14-17,19H2,1-4H3,(H,32,38). The van der Waals surface area contributed by atoms with Crippen LogP contribution in [0.25, 0.3) is 11.4 Å². The average Bonchev–Trinajstić information content (AvgIpc) is 2.96. The second-order valence-electron chi connectivity index (χ2n) is 9.63. The van der Waals surface area contributed by atoms with E-state index in [1.165, 1.54) is 7.11 Å². The van der Waals surface area contributed by atoms with Gasteiger partial charge in [0.1, 0.15) is 17.9 Å². The number of anilines is 1. The molecule has 40 heavy (non-hydrogen) atoms. The van der Waals surface area contributed by atoms with Gasteiger partial charge in [-0.15, -0.1) is 0 Å². The molecular formula is C30H35N5O5. The summed E-state index contributed by atoms with van der Waals surface area (Å²) in [6, 6.07) is 16.5. The van der Waals surface area contributed by atoms with Crippen molar-refractivity contribution in [3.63, 3.8) is 0 Å². The molecule has 1 unspecified atom stereocenters. The van der Waals surface area contributed by atoms with E-state index in [1.807, 2.05) is 61.5 Å². The van der Waals surface area contributed by atoms with Crippen molar-refractivity contribution in [2.24, 2.45) is 0 Å². The topological polar surface area (TPSA) is 114 Å². The number of amides is 3. The van der Waals surface area contributed by atoms with Crippen molar-refractivity contribution in [3.05, 3.63) is 77.1 Å². The lowest BCUT2D eigenvalue weighted by molar-refractivity contribution is 0.0378. The van der Waals surface area contributed by atoms with Crippen molar-refractivity contribution in [1.29, 1.82) is 0 Å². The largest absolute Gasteiger partial charge is 0.460 e. The van der Waals surface area contributed by atoms with Gasteiger partial charge in [-0.25, -0.2) is 19.6 Å². The number of piperazine rings is 1. The minimum Gasteiger partial charge on any atom is -0.460 e. The highest BCUT2D eigenvalue weighted by Crippen LogP contribution is 2.23. The van der Waals surface area contributed by atoms with E-state index in [0.717, 1.165) is 23.2 Å². The first-order chi connectivity index (χ1) is 19.3. The number of urea groups is 1. The van der Waals surface area contributed by atoms with Gasteiger partial charge in [-0.1, -0.05) is 49.4 Å². The van der Waals surface area contributed by atoms with Crippen LogP contribution in [0.4, 0.5) is 10.5 Å². The fraction of sp³-hybridized carbons (Fsp3) is 0.367. The van der Waals surface area contributed by atoms with Crippen LogP contribution in [0.15, 0.2) is 54.6 Å². The van der Waals surface area contributed by atoms with Gasteiger partial charge < -0.3 is 24.6 Å². The molecule has 3 aromatic rings. The van der Waals surface area contributed by atoms with Crippen LogP contribution in [0.3, 0.4) is 0 Å². The molecule has 0 aliphatic carbocycles. The Bertz CT molecular complexity index is 1360. The Morgan fingerprint density at radius 3 is 2.50 bits per heavy atom. The third-order valence-electron chi connectivity index (χ3n) is 6.81. The quantitative estimate of drug-likeness (QED) is 0.333. The van der Waals surface area contributed by atoms with E-state index in [-0.39, 0.29) is 49.6 Å². The van der Waals surface area contributed by atoms with Gasteiger partial charge in [-0.05, 0) is 38.0 Å². The lowest BCUT2D eigenvalue weighted by atomic mass is 10.1. The monoisotopic (exact) mass is 545 g/mol. The molecule has 210 valence electrons. The molecule has 1 fully saturated rings. The minimum absolute atomic E-state index is 0.0183. The SMILES string of the molecule is CCc1cccc(NC(=O)N2CCN(C(=O)c3nc(-c4ccccc4)nc(C)c3C(=O)OCCOC)CC2C)c1. The molecule has 2 heterocycles. The summed E-state index contributed by atoms with van der Waals surface area (Å²) in [6.07, 6.45) is 0.872. The molecule has 0 spiro atoms. The third-order valence-corrected chi connectivity index (χ3v) is 6.81. The maximum Gasteiger partial charge on any atom is 0.342 e. The highest BCUT2D eigenvalue weighted by molar-refractivity contribution is 6.05. The summed E-state index contributed by atoms with van der Waals surface area (Å²) in [5, 5.41) is 2.97. The van der Waals surface area contributed by atoms with Crippen molar-refractivity contribution in [3.8, 4) is 11.4 Å². The molecule has 1 N–H and O–H groups in total. The number of methoxy groups -OCH3 is 1. The van der Waals surface area contributed by atoms with Gasteiger partial charge in [0, 0.05) is 44.0 Å². The second kappa shape index (κ2) is 13.2. The van der Waals surface area contributed by atoms with E-state index in [0.29, 0.717) is 18.1 Å². The van der Waals surface area contributed by atoms with Gasteiger partial charge in [0.15, 0.2) is 5.82 Å². The van der Waals surface area contributed by atoms with Crippen LogP contribution in [-0.4, -0.2) is 83.7 Å². The van der Waals surface area contributed by atoms with Crippen LogP contribution in [0, 0.1) is 6.92 Å². The number of esters is 1. The number of aryl methyl sites for hydroxylation is 2. The van der Waals surface area contributed by atoms with Crippen LogP contribution in [-0.2, 0) is 15.9 Å². The molecule has 1 aliphatic rings. The molecule has 10 nitrogen and oxygen atoms in total. The summed E-state index contributed by atoms with van der Waals surface area (Å²) < 4.78 is 10.3. The number of nitrogens with zero attached hydrogens (tertiary/aromatic N) is 4. The molecule has 1 aliphatic heterocycles. The van der Waals surface area contributed by atoms with Gasteiger partial charge in [0.25, 0.3) is 5.91 Å². The Morgan fingerprint density at radius 2 is 1.80 bits per heavy atom. The summed E-state index contributed by atoms with van der Waals surface area (Å²) in [7, 11) is 1.51. The molecule has 1 aromatic heterocycles. The van der Waals surface area contributed by atoms with Crippen molar-refractivity contribution in [2.75, 3.05) is 45.3 Å². The Hall–Kier alpha value is -4.31. The van der Waals surface area contributed by atoms with Crippen molar-refractivity contribution < 1.29 is 23.9 Å². The fourth-order valence-corrected chi connectivity index (χ4v) is 4.64. The maximum absolute atomic E-state index is 13.9. The Balaban J connectivity index is 1.56. The van der Waals surface area contributed by atoms with Crippen LogP contribution >= 0.6 is 0 Å². The number of rotatable bonds is 8. The first-order valence-electron chi connectivity index (χ1n) is 13.4. The smallest absolute Gasteiger partial charge is 0.342 e. The Labute approximate surface area is 234 Å². The van der Waals surface area contributed by atoms with Gasteiger partial charge in [-0.2, -0.15) is 0 Å². The summed E-state index contributed by atoms with van der Waals surface area (Å²) in [4.78, 5) is 52.3. The highest BCUT2D eigenvalue weighted by atomic mass is 16.6. The van der Waals surface area contributed by atoms with E-state index in [4.69, 9.17) is 9.47 Å². The van der Waals surface area contributed by atoms with Gasteiger partial charge in [-0.3, -0.25) is 4.79 Å². The highest BCUT2D eigenvalue weighted by Gasteiger charge is 2.34. The molecular weight excluding hydrogens is 510 g/mol. The van der Waals surface area contributed by atoms with E-state index >= 15 is 0 Å². The van der Waals surface area contributed by atoms with E-state index < -0.39 is 11.9 Å². The van der Waals surface area contributed by atoms with Gasteiger partial charge >= 0.3 is 12.0 Å². The minimum atomic E-state index is -0.683. The number of carbonyl (C=O) groups excluding carboxylic acids is 3. The zero-order valence-corrected chi connectivity index (χ0v) is 23.3. The summed E-state index contributed by atoms with van der Waals surface area (Å²) in [5.74, 6) is -0.753. The predicted octanol–water partition coefficient (Wildman–Crippen LogP) is 4.20. The third kappa shape index (κ3) is 6.63. The van der Waals surface area contributed by atoms with Gasteiger partial charge in [0.05, 0.1) is 12.3 Å². The predicted molar refractivity (Wildman–Crippen MR) is 151 cm³/mol. The molecule has 0 saturated carbocycles. The Kier molecular flexibility index (Phi) is 9.44. The van der Waals surface area contributed by atoms with Gasteiger partial charge in [0.2, 0.25) is 0 Å². The molecule has 1 atom stereocenters. The number of hydrogen-bond donors (Lipinski definition) is 1. The van der Waals surface area contributed by atoms with Crippen molar-refractivity contribution >= 4 is 23.6 Å². The molecule has 1 saturated heterocycles. The molecule has 3 amide bonds. The molecule has 10 heteroatoms. The molecule has 0 radical (unpaired) electrons. The van der Waals surface area contributed by atoms with Crippen molar-refractivity contribution in [1.82, 2.24) is 19.8 Å². The lowest BCUT2D eigenvalue weighted by Gasteiger charge is -2.39. The van der Waals surface area contributed by atoms with Crippen LogP contribution < -0.4 is 5.32 Å². The summed E-state index contributed by atoms with van der Waals surface area (Å²) in [5.41, 5.74) is 2.95. The summed E-state index contributed by atoms with van der Waals surface area (Å²) in [6.45, 7) is 6.77. The first kappa shape index (κ1) is 28.7. The fourth-order valence-electron chi connectivity index (χ4n) is 4.64. The zero-order chi connectivity index (χ0) is 28.6. The van der Waals surface area contributed by atoms with Crippen LogP contribution in [0.1, 0.15) is 46.0 Å². The molecule has 4 rings (SSSR count). The zero-order valence-electron chi connectivity index (χ0n) is 23.3. The maximum atomic E-state index is 13.9. The number of aromatic nitrogens is 2. The van der Waals surface area contributed by atoms with E-state index in [9.17, 15) is 14.4 Å². The number of benzene rings is 2. The van der Waals surface area contributed by atoms with E-state index in [2.05, 4.69) is 22.2 Å². The lowest BCUT2D eigenvalue weighted by Crippen LogP contribution is -2.56. The molecule has 0 bridgehead atoms. The summed E-state index contributed by atoms with van der Waals surface area (Å²) >= 11 is 0. The molecule has 2 aromatic carbocycles.